The number of hydrogen-bond acceptors (Lipinski definition) is 6. The van der Waals surface area contributed by atoms with Crippen LogP contribution in [0.4, 0.5) is 10.6 Å². The summed E-state index contributed by atoms with van der Waals surface area (Å²) in [5, 5.41) is 3.08. The van der Waals surface area contributed by atoms with E-state index in [1.807, 2.05) is 56.0 Å². The molecule has 1 aromatic carbocycles. The SMILES string of the molecule is COc1cc(N2CCN(C(=O)NC(C)c3ccc(OC(C)C)cc3)CC2)ncn1. The second kappa shape index (κ2) is 9.45. The summed E-state index contributed by atoms with van der Waals surface area (Å²) in [5.41, 5.74) is 1.04. The van der Waals surface area contributed by atoms with Crippen molar-refractivity contribution < 1.29 is 14.3 Å². The van der Waals surface area contributed by atoms with E-state index in [-0.39, 0.29) is 18.2 Å². The molecule has 1 atom stereocenters. The van der Waals surface area contributed by atoms with E-state index in [4.69, 9.17) is 9.47 Å². The standard InChI is InChI=1S/C21H29N5O3/c1-15(2)29-18-7-5-17(6-8-18)16(3)24-21(27)26-11-9-25(10-12-26)19-13-20(28-4)23-14-22-19/h5-8,13-16H,9-12H2,1-4H3,(H,24,27). The quantitative estimate of drug-likeness (QED) is 0.805. The topological polar surface area (TPSA) is 79.8 Å². The number of anilines is 1. The van der Waals surface area contributed by atoms with E-state index < -0.39 is 0 Å². The summed E-state index contributed by atoms with van der Waals surface area (Å²) in [7, 11) is 1.58. The van der Waals surface area contributed by atoms with Crippen molar-refractivity contribution in [1.29, 1.82) is 0 Å². The summed E-state index contributed by atoms with van der Waals surface area (Å²) < 4.78 is 10.8. The van der Waals surface area contributed by atoms with Gasteiger partial charge in [-0.3, -0.25) is 0 Å². The molecule has 8 heteroatoms. The van der Waals surface area contributed by atoms with Gasteiger partial charge in [0.1, 0.15) is 17.9 Å². The Bertz CT molecular complexity index is 804. The molecule has 1 unspecified atom stereocenters. The van der Waals surface area contributed by atoms with E-state index >= 15 is 0 Å². The fourth-order valence-electron chi connectivity index (χ4n) is 3.22. The van der Waals surface area contributed by atoms with Gasteiger partial charge in [-0.15, -0.1) is 0 Å². The predicted octanol–water partition coefficient (Wildman–Crippen LogP) is 2.87. The molecular weight excluding hydrogens is 370 g/mol. The van der Waals surface area contributed by atoms with Crippen molar-refractivity contribution in [3.05, 3.63) is 42.2 Å². The third-order valence-corrected chi connectivity index (χ3v) is 4.82. The number of carbonyl (C=O) groups is 1. The van der Waals surface area contributed by atoms with Crippen LogP contribution in [-0.4, -0.2) is 60.3 Å². The minimum atomic E-state index is -0.0836. The fourth-order valence-corrected chi connectivity index (χ4v) is 3.22. The summed E-state index contributed by atoms with van der Waals surface area (Å²) in [6, 6.07) is 9.52. The van der Waals surface area contributed by atoms with E-state index in [0.717, 1.165) is 17.1 Å². The number of hydrogen-bond donors (Lipinski definition) is 1. The minimum Gasteiger partial charge on any atom is -0.491 e. The van der Waals surface area contributed by atoms with Crippen LogP contribution in [-0.2, 0) is 0 Å². The van der Waals surface area contributed by atoms with Crippen LogP contribution in [0, 0.1) is 0 Å². The monoisotopic (exact) mass is 399 g/mol. The summed E-state index contributed by atoms with van der Waals surface area (Å²) in [6.07, 6.45) is 1.63. The zero-order chi connectivity index (χ0) is 20.8. The van der Waals surface area contributed by atoms with E-state index in [1.165, 1.54) is 6.33 Å². The van der Waals surface area contributed by atoms with Crippen molar-refractivity contribution in [3.63, 3.8) is 0 Å². The van der Waals surface area contributed by atoms with Crippen LogP contribution >= 0.6 is 0 Å². The van der Waals surface area contributed by atoms with Gasteiger partial charge in [-0.05, 0) is 38.5 Å². The molecule has 8 nitrogen and oxygen atoms in total. The summed E-state index contributed by atoms with van der Waals surface area (Å²) >= 11 is 0. The maximum atomic E-state index is 12.7. The lowest BCUT2D eigenvalue weighted by Crippen LogP contribution is -2.52. The number of nitrogens with one attached hydrogen (secondary N) is 1. The molecule has 1 aliphatic heterocycles. The molecular formula is C21H29N5O3. The van der Waals surface area contributed by atoms with Crippen LogP contribution < -0.4 is 19.7 Å². The summed E-state index contributed by atoms with van der Waals surface area (Å²) in [5.74, 6) is 2.18. The lowest BCUT2D eigenvalue weighted by atomic mass is 10.1. The van der Waals surface area contributed by atoms with Gasteiger partial charge in [-0.1, -0.05) is 12.1 Å². The number of urea groups is 1. The molecule has 1 aromatic heterocycles. The van der Waals surface area contributed by atoms with E-state index in [0.29, 0.717) is 32.1 Å². The molecule has 1 saturated heterocycles. The maximum Gasteiger partial charge on any atom is 0.317 e. The van der Waals surface area contributed by atoms with Crippen molar-refractivity contribution >= 4 is 11.8 Å². The highest BCUT2D eigenvalue weighted by Crippen LogP contribution is 2.20. The normalized spacial score (nSPS) is 15.2. The van der Waals surface area contributed by atoms with Crippen LogP contribution in [0.15, 0.2) is 36.7 Å². The largest absolute Gasteiger partial charge is 0.491 e. The molecule has 0 saturated carbocycles. The molecule has 2 aromatic rings. The number of aromatic nitrogens is 2. The van der Waals surface area contributed by atoms with Crippen LogP contribution in [0.3, 0.4) is 0 Å². The molecule has 1 N–H and O–H groups in total. The first-order valence-corrected chi connectivity index (χ1v) is 9.89. The molecule has 2 heterocycles. The van der Waals surface area contributed by atoms with Gasteiger partial charge in [0.15, 0.2) is 0 Å². The highest BCUT2D eigenvalue weighted by molar-refractivity contribution is 5.75. The Balaban J connectivity index is 1.51. The molecule has 2 amide bonds. The molecule has 1 aliphatic rings. The zero-order valence-corrected chi connectivity index (χ0v) is 17.5. The Morgan fingerprint density at radius 2 is 1.76 bits per heavy atom. The van der Waals surface area contributed by atoms with Crippen molar-refractivity contribution in [1.82, 2.24) is 20.2 Å². The Hall–Kier alpha value is -3.03. The van der Waals surface area contributed by atoms with E-state index in [9.17, 15) is 4.79 Å². The Morgan fingerprint density at radius 3 is 2.38 bits per heavy atom. The maximum absolute atomic E-state index is 12.7. The molecule has 3 rings (SSSR count). The lowest BCUT2D eigenvalue weighted by Gasteiger charge is -2.35. The molecule has 0 aliphatic carbocycles. The third kappa shape index (κ3) is 5.49. The second-order valence-corrected chi connectivity index (χ2v) is 7.30. The average molecular weight is 399 g/mol. The fraction of sp³-hybridized carbons (Fsp3) is 0.476. The van der Waals surface area contributed by atoms with Gasteiger partial charge in [0, 0.05) is 32.2 Å². The lowest BCUT2D eigenvalue weighted by molar-refractivity contribution is 0.191. The van der Waals surface area contributed by atoms with Gasteiger partial charge in [0.25, 0.3) is 0 Å². The summed E-state index contributed by atoms with van der Waals surface area (Å²) in [4.78, 5) is 25.0. The van der Waals surface area contributed by atoms with Crippen LogP contribution in [0.2, 0.25) is 0 Å². The molecule has 29 heavy (non-hydrogen) atoms. The Labute approximate surface area is 171 Å². The van der Waals surface area contributed by atoms with Gasteiger partial charge < -0.3 is 24.6 Å². The van der Waals surface area contributed by atoms with Gasteiger partial charge in [0.2, 0.25) is 5.88 Å². The highest BCUT2D eigenvalue weighted by atomic mass is 16.5. The summed E-state index contributed by atoms with van der Waals surface area (Å²) in [6.45, 7) is 8.67. The first kappa shape index (κ1) is 20.7. The van der Waals surface area contributed by atoms with Crippen molar-refractivity contribution in [3.8, 4) is 11.6 Å². The van der Waals surface area contributed by atoms with Gasteiger partial charge in [-0.2, -0.15) is 0 Å². The number of ether oxygens (including phenoxy) is 2. The van der Waals surface area contributed by atoms with E-state index in [1.54, 1.807) is 7.11 Å². The molecule has 156 valence electrons. The van der Waals surface area contributed by atoms with Crippen molar-refractivity contribution in [2.24, 2.45) is 0 Å². The first-order valence-electron chi connectivity index (χ1n) is 9.89. The number of piperazine rings is 1. The minimum absolute atomic E-state index is 0.0556. The van der Waals surface area contributed by atoms with Crippen LogP contribution in [0.1, 0.15) is 32.4 Å². The second-order valence-electron chi connectivity index (χ2n) is 7.30. The highest BCUT2D eigenvalue weighted by Gasteiger charge is 2.23. The van der Waals surface area contributed by atoms with Crippen LogP contribution in [0.25, 0.3) is 0 Å². The first-order chi connectivity index (χ1) is 14.0. The molecule has 0 bridgehead atoms. The Morgan fingerprint density at radius 1 is 1.07 bits per heavy atom. The number of rotatable bonds is 6. The third-order valence-electron chi connectivity index (χ3n) is 4.82. The predicted molar refractivity (Wildman–Crippen MR) is 112 cm³/mol. The number of benzene rings is 1. The number of carbonyl (C=O) groups excluding carboxylic acids is 1. The zero-order valence-electron chi connectivity index (χ0n) is 17.5. The van der Waals surface area contributed by atoms with Gasteiger partial charge in [-0.25, -0.2) is 14.8 Å². The number of nitrogens with zero attached hydrogens (tertiary/aromatic N) is 4. The average Bonchev–Trinajstić information content (AvgIpc) is 2.74. The van der Waals surface area contributed by atoms with Crippen molar-refractivity contribution in [2.45, 2.75) is 32.9 Å². The molecule has 1 fully saturated rings. The number of methoxy groups -OCH3 is 1. The van der Waals surface area contributed by atoms with Crippen molar-refractivity contribution in [2.75, 3.05) is 38.2 Å². The van der Waals surface area contributed by atoms with Gasteiger partial charge >= 0.3 is 6.03 Å². The molecule has 0 spiro atoms. The smallest absolute Gasteiger partial charge is 0.317 e. The van der Waals surface area contributed by atoms with Gasteiger partial charge in [0.05, 0.1) is 19.3 Å². The molecule has 0 radical (unpaired) electrons. The van der Waals surface area contributed by atoms with Crippen LogP contribution in [0.5, 0.6) is 11.6 Å². The van der Waals surface area contributed by atoms with E-state index in [2.05, 4.69) is 20.2 Å². The number of amides is 2. The Kier molecular flexibility index (Phi) is 6.74.